The molecular formula is C16H20N4O. The van der Waals surface area contributed by atoms with Gasteiger partial charge in [-0.25, -0.2) is 9.97 Å². The van der Waals surface area contributed by atoms with Gasteiger partial charge in [0.2, 0.25) is 0 Å². The molecule has 110 valence electrons. The second-order valence-corrected chi connectivity index (χ2v) is 5.27. The second-order valence-electron chi connectivity index (χ2n) is 5.27. The summed E-state index contributed by atoms with van der Waals surface area (Å²) in [5.74, 6) is 0.491. The van der Waals surface area contributed by atoms with Crippen LogP contribution in [0.15, 0.2) is 36.7 Å². The van der Waals surface area contributed by atoms with E-state index in [1.54, 1.807) is 6.07 Å². The number of nitrogens with two attached hydrogens (primary N) is 1. The van der Waals surface area contributed by atoms with E-state index in [0.29, 0.717) is 11.9 Å². The highest BCUT2D eigenvalue weighted by molar-refractivity contribution is 5.61. The molecule has 1 saturated heterocycles. The molecule has 1 aliphatic rings. The number of anilines is 1. The Balaban J connectivity index is 1.77. The van der Waals surface area contributed by atoms with Crippen molar-refractivity contribution >= 4 is 5.82 Å². The van der Waals surface area contributed by atoms with Crippen molar-refractivity contribution in [2.75, 3.05) is 32.0 Å². The first-order valence-electron chi connectivity index (χ1n) is 7.24. The van der Waals surface area contributed by atoms with Gasteiger partial charge in [0.1, 0.15) is 12.1 Å². The van der Waals surface area contributed by atoms with Gasteiger partial charge in [0.05, 0.1) is 18.9 Å². The van der Waals surface area contributed by atoms with E-state index in [1.165, 1.54) is 11.9 Å². The first-order valence-corrected chi connectivity index (χ1v) is 7.24. The first kappa shape index (κ1) is 14.0. The number of nitrogen functional groups attached to an aromatic ring is 1. The third kappa shape index (κ3) is 3.20. The Morgan fingerprint density at radius 2 is 1.86 bits per heavy atom. The average molecular weight is 284 g/mol. The maximum absolute atomic E-state index is 5.70. The maximum atomic E-state index is 5.70. The van der Waals surface area contributed by atoms with Crippen LogP contribution in [0, 0.1) is 0 Å². The van der Waals surface area contributed by atoms with Gasteiger partial charge < -0.3 is 10.5 Å². The minimum atomic E-state index is 0.401. The summed E-state index contributed by atoms with van der Waals surface area (Å²) in [5, 5.41) is 0. The minimum absolute atomic E-state index is 0.401. The molecule has 0 radical (unpaired) electrons. The molecule has 5 nitrogen and oxygen atoms in total. The van der Waals surface area contributed by atoms with Crippen molar-refractivity contribution in [2.45, 2.75) is 13.0 Å². The van der Waals surface area contributed by atoms with Gasteiger partial charge in [-0.15, -0.1) is 0 Å². The SMILES string of the molecule is C[C@@H](c1ccc(-c2cc(N)ncn2)cc1)N1CCOCC1. The van der Waals surface area contributed by atoms with Crippen LogP contribution in [0.4, 0.5) is 5.82 Å². The van der Waals surface area contributed by atoms with E-state index in [1.807, 2.05) is 0 Å². The Bertz CT molecular complexity index is 593. The first-order chi connectivity index (χ1) is 10.2. The predicted octanol–water partition coefficient (Wildman–Crippen LogP) is 2.12. The van der Waals surface area contributed by atoms with Crippen LogP contribution < -0.4 is 5.73 Å². The lowest BCUT2D eigenvalue weighted by molar-refractivity contribution is 0.0198. The number of morpholine rings is 1. The lowest BCUT2D eigenvalue weighted by Crippen LogP contribution is -2.37. The molecular weight excluding hydrogens is 264 g/mol. The summed E-state index contributed by atoms with van der Waals surface area (Å²) >= 11 is 0. The molecule has 1 atom stereocenters. The summed E-state index contributed by atoms with van der Waals surface area (Å²) in [7, 11) is 0. The number of aromatic nitrogens is 2. The monoisotopic (exact) mass is 284 g/mol. The molecule has 0 unspecified atom stereocenters. The standard InChI is InChI=1S/C16H20N4O/c1-12(20-6-8-21-9-7-20)13-2-4-14(5-3-13)15-10-16(17)19-11-18-15/h2-5,10-12H,6-9H2,1H3,(H2,17,18,19)/t12-/m0/s1. The van der Waals surface area contributed by atoms with Gasteiger partial charge in [-0.2, -0.15) is 0 Å². The molecule has 5 heteroatoms. The Kier molecular flexibility index (Phi) is 4.13. The molecule has 21 heavy (non-hydrogen) atoms. The van der Waals surface area contributed by atoms with Crippen molar-refractivity contribution in [3.63, 3.8) is 0 Å². The van der Waals surface area contributed by atoms with E-state index in [4.69, 9.17) is 10.5 Å². The van der Waals surface area contributed by atoms with E-state index in [2.05, 4.69) is 46.1 Å². The van der Waals surface area contributed by atoms with Crippen molar-refractivity contribution in [1.29, 1.82) is 0 Å². The van der Waals surface area contributed by atoms with Crippen LogP contribution in [0.2, 0.25) is 0 Å². The molecule has 1 fully saturated rings. The number of hydrogen-bond acceptors (Lipinski definition) is 5. The van der Waals surface area contributed by atoms with Gasteiger partial charge >= 0.3 is 0 Å². The highest BCUT2D eigenvalue weighted by atomic mass is 16.5. The summed E-state index contributed by atoms with van der Waals surface area (Å²) in [6.45, 7) is 5.87. The van der Waals surface area contributed by atoms with Crippen molar-refractivity contribution in [3.8, 4) is 11.3 Å². The lowest BCUT2D eigenvalue weighted by Gasteiger charge is -2.32. The van der Waals surface area contributed by atoms with Gasteiger partial charge in [-0.05, 0) is 12.5 Å². The van der Waals surface area contributed by atoms with E-state index in [0.717, 1.165) is 37.6 Å². The summed E-state index contributed by atoms with van der Waals surface area (Å²) in [5.41, 5.74) is 8.92. The summed E-state index contributed by atoms with van der Waals surface area (Å²) in [6.07, 6.45) is 1.49. The smallest absolute Gasteiger partial charge is 0.127 e. The Labute approximate surface area is 124 Å². The zero-order valence-corrected chi connectivity index (χ0v) is 12.2. The fourth-order valence-corrected chi connectivity index (χ4v) is 2.64. The van der Waals surface area contributed by atoms with E-state index in [-0.39, 0.29) is 0 Å². The quantitative estimate of drug-likeness (QED) is 0.935. The topological polar surface area (TPSA) is 64.3 Å². The molecule has 1 aromatic heterocycles. The Hall–Kier alpha value is -1.98. The number of hydrogen-bond donors (Lipinski definition) is 1. The minimum Gasteiger partial charge on any atom is -0.384 e. The highest BCUT2D eigenvalue weighted by Gasteiger charge is 2.18. The molecule has 2 aromatic rings. The summed E-state index contributed by atoms with van der Waals surface area (Å²) in [6, 6.07) is 10.7. The van der Waals surface area contributed by atoms with Crippen molar-refractivity contribution in [1.82, 2.24) is 14.9 Å². The van der Waals surface area contributed by atoms with Crippen LogP contribution in [-0.4, -0.2) is 41.2 Å². The Morgan fingerprint density at radius 3 is 2.52 bits per heavy atom. The van der Waals surface area contributed by atoms with Gasteiger partial charge in [0.25, 0.3) is 0 Å². The zero-order valence-electron chi connectivity index (χ0n) is 12.2. The predicted molar refractivity (Wildman–Crippen MR) is 82.7 cm³/mol. The number of rotatable bonds is 3. The van der Waals surface area contributed by atoms with Gasteiger partial charge in [0.15, 0.2) is 0 Å². The third-order valence-electron chi connectivity index (χ3n) is 3.97. The molecule has 3 rings (SSSR count). The van der Waals surface area contributed by atoms with Crippen molar-refractivity contribution < 1.29 is 4.74 Å². The number of ether oxygens (including phenoxy) is 1. The molecule has 0 spiro atoms. The molecule has 2 N–H and O–H groups in total. The van der Waals surface area contributed by atoms with Gasteiger partial charge in [-0.1, -0.05) is 24.3 Å². The molecule has 1 aliphatic heterocycles. The number of benzene rings is 1. The normalized spacial score (nSPS) is 17.6. The van der Waals surface area contributed by atoms with Crippen LogP contribution in [0.5, 0.6) is 0 Å². The van der Waals surface area contributed by atoms with Crippen LogP contribution in [-0.2, 0) is 4.74 Å². The molecule has 0 bridgehead atoms. The van der Waals surface area contributed by atoms with Gasteiger partial charge in [0, 0.05) is 30.8 Å². The average Bonchev–Trinajstić information content (AvgIpc) is 2.55. The number of nitrogens with zero attached hydrogens (tertiary/aromatic N) is 3. The van der Waals surface area contributed by atoms with Crippen molar-refractivity contribution in [2.24, 2.45) is 0 Å². The second kappa shape index (κ2) is 6.20. The Morgan fingerprint density at radius 1 is 1.14 bits per heavy atom. The van der Waals surface area contributed by atoms with Crippen LogP contribution >= 0.6 is 0 Å². The van der Waals surface area contributed by atoms with E-state index >= 15 is 0 Å². The van der Waals surface area contributed by atoms with Crippen LogP contribution in [0.1, 0.15) is 18.5 Å². The van der Waals surface area contributed by atoms with Gasteiger partial charge in [-0.3, -0.25) is 4.90 Å². The molecule has 0 saturated carbocycles. The van der Waals surface area contributed by atoms with Crippen LogP contribution in [0.3, 0.4) is 0 Å². The highest BCUT2D eigenvalue weighted by Crippen LogP contribution is 2.24. The third-order valence-corrected chi connectivity index (χ3v) is 3.97. The largest absolute Gasteiger partial charge is 0.384 e. The zero-order chi connectivity index (χ0) is 14.7. The fraction of sp³-hybridized carbons (Fsp3) is 0.375. The van der Waals surface area contributed by atoms with Crippen LogP contribution in [0.25, 0.3) is 11.3 Å². The molecule has 1 aromatic carbocycles. The molecule has 0 amide bonds. The van der Waals surface area contributed by atoms with E-state index in [9.17, 15) is 0 Å². The molecule has 0 aliphatic carbocycles. The maximum Gasteiger partial charge on any atom is 0.127 e. The summed E-state index contributed by atoms with van der Waals surface area (Å²) < 4.78 is 5.41. The fourth-order valence-electron chi connectivity index (χ4n) is 2.64. The summed E-state index contributed by atoms with van der Waals surface area (Å²) in [4.78, 5) is 10.6. The van der Waals surface area contributed by atoms with E-state index < -0.39 is 0 Å². The van der Waals surface area contributed by atoms with Crippen molar-refractivity contribution in [3.05, 3.63) is 42.2 Å². The lowest BCUT2D eigenvalue weighted by atomic mass is 10.0. The molecule has 2 heterocycles.